The van der Waals surface area contributed by atoms with Crippen LogP contribution in [-0.2, 0) is 28.6 Å². The lowest BCUT2D eigenvalue weighted by Gasteiger charge is -2.24. The van der Waals surface area contributed by atoms with Gasteiger partial charge < -0.3 is 14.2 Å². The van der Waals surface area contributed by atoms with Gasteiger partial charge in [-0.25, -0.2) is 14.6 Å². The average molecular weight is 462 g/mol. The first-order valence-corrected chi connectivity index (χ1v) is 10.5. The molecule has 34 heavy (non-hydrogen) atoms. The number of esters is 3. The molecule has 0 aliphatic rings. The molecule has 0 aliphatic carbocycles. The summed E-state index contributed by atoms with van der Waals surface area (Å²) < 4.78 is 17.6. The van der Waals surface area contributed by atoms with Crippen molar-refractivity contribution in [1.29, 1.82) is 0 Å². The first kappa shape index (κ1) is 22.8. The van der Waals surface area contributed by atoms with Gasteiger partial charge in [0.25, 0.3) is 0 Å². The van der Waals surface area contributed by atoms with Gasteiger partial charge in [-0.2, -0.15) is 5.10 Å². The van der Waals surface area contributed by atoms with Crippen molar-refractivity contribution in [3.63, 3.8) is 0 Å². The molecule has 4 rings (SSSR count). The van der Waals surface area contributed by atoms with Gasteiger partial charge in [-0.3, -0.25) is 14.4 Å². The Kier molecular flexibility index (Phi) is 6.48. The molecule has 2 heterocycles. The van der Waals surface area contributed by atoms with Crippen LogP contribution in [-0.4, -0.2) is 50.4 Å². The molecule has 10 nitrogen and oxygen atoms in total. The number of aromatic nitrogens is 4. The molecule has 2 aromatic carbocycles. The standard InChI is InChI=1S/C24H22N4O6/c1-14(29)32-13-20(33-15(2)30)23(34-16(3)31)21-22-24(26-19-12-8-7-11-18(19)25-22)28(27-21)17-9-5-4-6-10-17/h4-12,20,23H,13H2,1-3H3/t20-,23-/m0/s1. The highest BCUT2D eigenvalue weighted by Crippen LogP contribution is 2.31. The second kappa shape index (κ2) is 9.65. The first-order chi connectivity index (χ1) is 16.3. The SMILES string of the molecule is CC(=O)OC[C@H](OC(C)=O)[C@H](OC(C)=O)c1nn(-c2ccccc2)c2nc3ccccc3nc12. The zero-order valence-electron chi connectivity index (χ0n) is 18.8. The Morgan fingerprint density at radius 1 is 0.824 bits per heavy atom. The van der Waals surface area contributed by atoms with Crippen LogP contribution < -0.4 is 0 Å². The lowest BCUT2D eigenvalue weighted by molar-refractivity contribution is -0.174. The minimum Gasteiger partial charge on any atom is -0.462 e. The fraction of sp³-hybridized carbons (Fsp3) is 0.250. The van der Waals surface area contributed by atoms with Crippen molar-refractivity contribution in [2.45, 2.75) is 33.0 Å². The van der Waals surface area contributed by atoms with Crippen LogP contribution in [0.3, 0.4) is 0 Å². The topological polar surface area (TPSA) is 122 Å². The van der Waals surface area contributed by atoms with Gasteiger partial charge in [-0.05, 0) is 24.3 Å². The lowest BCUT2D eigenvalue weighted by Crippen LogP contribution is -2.33. The second-order valence-corrected chi connectivity index (χ2v) is 7.50. The van der Waals surface area contributed by atoms with E-state index in [1.165, 1.54) is 20.8 Å². The van der Waals surface area contributed by atoms with E-state index in [0.717, 1.165) is 0 Å². The number of carbonyl (C=O) groups excluding carboxylic acids is 3. The van der Waals surface area contributed by atoms with E-state index in [9.17, 15) is 14.4 Å². The third kappa shape index (κ3) is 4.85. The Hall–Kier alpha value is -4.34. The van der Waals surface area contributed by atoms with Crippen LogP contribution in [0.4, 0.5) is 0 Å². The first-order valence-electron chi connectivity index (χ1n) is 10.5. The minimum absolute atomic E-state index is 0.214. The van der Waals surface area contributed by atoms with Gasteiger partial charge in [-0.15, -0.1) is 0 Å². The molecule has 2 atom stereocenters. The highest BCUT2D eigenvalue weighted by molar-refractivity contribution is 5.87. The number of nitrogens with zero attached hydrogens (tertiary/aromatic N) is 4. The summed E-state index contributed by atoms with van der Waals surface area (Å²) in [5.74, 6) is -1.86. The summed E-state index contributed by atoms with van der Waals surface area (Å²) in [4.78, 5) is 44.8. The third-order valence-corrected chi connectivity index (χ3v) is 4.87. The number of ether oxygens (including phenoxy) is 3. The molecular weight excluding hydrogens is 440 g/mol. The summed E-state index contributed by atoms with van der Waals surface area (Å²) in [7, 11) is 0. The van der Waals surface area contributed by atoms with E-state index in [-0.39, 0.29) is 12.3 Å². The van der Waals surface area contributed by atoms with Gasteiger partial charge in [0.05, 0.1) is 16.7 Å². The zero-order chi connectivity index (χ0) is 24.2. The van der Waals surface area contributed by atoms with Gasteiger partial charge in [0, 0.05) is 20.8 Å². The molecule has 0 bridgehead atoms. The van der Waals surface area contributed by atoms with E-state index in [4.69, 9.17) is 24.2 Å². The number of hydrogen-bond donors (Lipinski definition) is 0. The molecule has 0 radical (unpaired) electrons. The van der Waals surface area contributed by atoms with Gasteiger partial charge >= 0.3 is 17.9 Å². The molecule has 0 amide bonds. The lowest BCUT2D eigenvalue weighted by atomic mass is 10.1. The van der Waals surface area contributed by atoms with Crippen LogP contribution in [0.15, 0.2) is 54.6 Å². The van der Waals surface area contributed by atoms with Crippen LogP contribution in [0.1, 0.15) is 32.6 Å². The summed E-state index contributed by atoms with van der Waals surface area (Å²) >= 11 is 0. The quantitative estimate of drug-likeness (QED) is 0.301. The van der Waals surface area contributed by atoms with Crippen molar-refractivity contribution >= 4 is 40.1 Å². The minimum atomic E-state index is -1.20. The zero-order valence-corrected chi connectivity index (χ0v) is 18.8. The Bertz CT molecular complexity index is 1370. The molecule has 0 unspecified atom stereocenters. The molecule has 4 aromatic rings. The van der Waals surface area contributed by atoms with Gasteiger partial charge in [0.2, 0.25) is 0 Å². The predicted molar refractivity (Wildman–Crippen MR) is 121 cm³/mol. The largest absolute Gasteiger partial charge is 0.462 e. The van der Waals surface area contributed by atoms with Crippen LogP contribution in [0.5, 0.6) is 0 Å². The molecule has 0 spiro atoms. The van der Waals surface area contributed by atoms with Crippen molar-refractivity contribution in [2.24, 2.45) is 0 Å². The molecular formula is C24H22N4O6. The number of rotatable bonds is 7. The van der Waals surface area contributed by atoms with E-state index in [1.54, 1.807) is 10.7 Å². The molecule has 0 saturated heterocycles. The smallest absolute Gasteiger partial charge is 0.303 e. The molecule has 2 aromatic heterocycles. The van der Waals surface area contributed by atoms with Crippen molar-refractivity contribution in [3.05, 3.63) is 60.3 Å². The van der Waals surface area contributed by atoms with E-state index < -0.39 is 30.1 Å². The number of carbonyl (C=O) groups is 3. The summed E-state index contributed by atoms with van der Waals surface area (Å²) in [6.45, 7) is 3.32. The van der Waals surface area contributed by atoms with Crippen molar-refractivity contribution in [3.8, 4) is 5.69 Å². The monoisotopic (exact) mass is 462 g/mol. The fourth-order valence-electron chi connectivity index (χ4n) is 3.54. The van der Waals surface area contributed by atoms with E-state index >= 15 is 0 Å². The van der Waals surface area contributed by atoms with Gasteiger partial charge in [-0.1, -0.05) is 30.3 Å². The molecule has 0 fully saturated rings. The van der Waals surface area contributed by atoms with Crippen molar-refractivity contribution in [1.82, 2.24) is 19.7 Å². The van der Waals surface area contributed by atoms with Crippen LogP contribution in [0.25, 0.3) is 27.9 Å². The summed E-state index contributed by atoms with van der Waals surface area (Å²) in [5.41, 5.74) is 2.95. The number of hydrogen-bond acceptors (Lipinski definition) is 9. The molecule has 0 saturated carbocycles. The number of para-hydroxylation sites is 3. The predicted octanol–water partition coefficient (Wildman–Crippen LogP) is 3.07. The highest BCUT2D eigenvalue weighted by atomic mass is 16.6. The van der Waals surface area contributed by atoms with Gasteiger partial charge in [0.15, 0.2) is 17.9 Å². The summed E-state index contributed by atoms with van der Waals surface area (Å²) in [6.07, 6.45) is -2.36. The number of benzene rings is 2. The van der Waals surface area contributed by atoms with Crippen LogP contribution >= 0.6 is 0 Å². The van der Waals surface area contributed by atoms with Crippen molar-refractivity contribution < 1.29 is 28.6 Å². The van der Waals surface area contributed by atoms with Gasteiger partial charge in [0.1, 0.15) is 17.8 Å². The normalized spacial score (nSPS) is 12.8. The van der Waals surface area contributed by atoms with Crippen LogP contribution in [0.2, 0.25) is 0 Å². The van der Waals surface area contributed by atoms with E-state index in [1.807, 2.05) is 48.5 Å². The Morgan fingerprint density at radius 2 is 1.44 bits per heavy atom. The fourth-order valence-corrected chi connectivity index (χ4v) is 3.54. The Labute approximate surface area is 194 Å². The maximum absolute atomic E-state index is 12.0. The maximum atomic E-state index is 12.0. The number of fused-ring (bicyclic) bond motifs is 2. The second-order valence-electron chi connectivity index (χ2n) is 7.50. The summed E-state index contributed by atoms with van der Waals surface area (Å²) in [6, 6.07) is 16.6. The van der Waals surface area contributed by atoms with E-state index in [2.05, 4.69) is 5.10 Å². The molecule has 174 valence electrons. The average Bonchev–Trinajstić information content (AvgIpc) is 3.17. The Morgan fingerprint density at radius 3 is 2.06 bits per heavy atom. The Balaban J connectivity index is 1.95. The molecule has 0 aliphatic heterocycles. The highest BCUT2D eigenvalue weighted by Gasteiger charge is 2.35. The van der Waals surface area contributed by atoms with Crippen LogP contribution in [0, 0.1) is 0 Å². The molecule has 0 N–H and O–H groups in total. The molecule has 10 heteroatoms. The van der Waals surface area contributed by atoms with Crippen molar-refractivity contribution in [2.75, 3.05) is 6.61 Å². The summed E-state index contributed by atoms with van der Waals surface area (Å²) in [5, 5.41) is 4.67. The maximum Gasteiger partial charge on any atom is 0.303 e. The van der Waals surface area contributed by atoms with E-state index in [0.29, 0.717) is 27.9 Å². The third-order valence-electron chi connectivity index (χ3n) is 4.87.